The zero-order valence-corrected chi connectivity index (χ0v) is 20.5. The molecule has 182 valence electrons. The van der Waals surface area contributed by atoms with Gasteiger partial charge in [-0.25, -0.2) is 26.8 Å². The van der Waals surface area contributed by atoms with Crippen LogP contribution in [0.25, 0.3) is 16.6 Å². The van der Waals surface area contributed by atoms with Gasteiger partial charge in [-0.1, -0.05) is 12.1 Å². The van der Waals surface area contributed by atoms with Crippen molar-refractivity contribution >= 4 is 26.7 Å². The number of nitrogens with zero attached hydrogens (tertiary/aromatic N) is 5. The Balaban J connectivity index is 1.28. The second-order valence-corrected chi connectivity index (χ2v) is 11.0. The van der Waals surface area contributed by atoms with Crippen molar-refractivity contribution in [3.05, 3.63) is 77.9 Å². The summed E-state index contributed by atoms with van der Waals surface area (Å²) in [5.74, 6) is 1.12. The topological polar surface area (TPSA) is 80.6 Å². The Labute approximate surface area is 203 Å². The molecule has 4 aromatic rings. The molecule has 0 spiro atoms. The van der Waals surface area contributed by atoms with Crippen molar-refractivity contribution in [1.82, 2.24) is 19.1 Å². The third-order valence-electron chi connectivity index (χ3n) is 6.45. The zero-order chi connectivity index (χ0) is 24.7. The van der Waals surface area contributed by atoms with Crippen molar-refractivity contribution in [2.24, 2.45) is 0 Å². The summed E-state index contributed by atoms with van der Waals surface area (Å²) in [6.07, 6.45) is 1.75. The fourth-order valence-corrected chi connectivity index (χ4v) is 5.82. The molecule has 0 unspecified atom stereocenters. The molecule has 1 aliphatic rings. The van der Waals surface area contributed by atoms with Crippen molar-refractivity contribution in [2.45, 2.75) is 18.7 Å². The van der Waals surface area contributed by atoms with E-state index in [4.69, 9.17) is 4.74 Å². The van der Waals surface area contributed by atoms with Crippen LogP contribution in [-0.4, -0.2) is 60.0 Å². The van der Waals surface area contributed by atoms with E-state index in [0.717, 1.165) is 33.6 Å². The van der Waals surface area contributed by atoms with Crippen LogP contribution in [0.4, 0.5) is 10.2 Å². The summed E-state index contributed by atoms with van der Waals surface area (Å²) < 4.78 is 47.8. The molecule has 0 amide bonds. The van der Waals surface area contributed by atoms with E-state index in [-0.39, 0.29) is 5.82 Å². The maximum absolute atomic E-state index is 13.3. The molecule has 8 nitrogen and oxygen atoms in total. The number of aromatic nitrogens is 3. The van der Waals surface area contributed by atoms with E-state index in [9.17, 15) is 12.8 Å². The van der Waals surface area contributed by atoms with Gasteiger partial charge in [0.1, 0.15) is 22.6 Å². The van der Waals surface area contributed by atoms with Crippen LogP contribution in [0.3, 0.4) is 0 Å². The fraction of sp³-hybridized carbons (Fsp3) is 0.280. The number of methoxy groups -OCH3 is 1. The number of anilines is 1. The Bertz CT molecular complexity index is 1460. The first-order valence-electron chi connectivity index (χ1n) is 11.2. The molecule has 1 saturated heterocycles. The first-order valence-corrected chi connectivity index (χ1v) is 12.7. The van der Waals surface area contributed by atoms with E-state index in [1.807, 2.05) is 42.2 Å². The lowest BCUT2D eigenvalue weighted by atomic mass is 10.2. The summed E-state index contributed by atoms with van der Waals surface area (Å²) >= 11 is 0. The number of hydrogen-bond acceptors (Lipinski definition) is 6. The monoisotopic (exact) mass is 495 g/mol. The second-order valence-electron chi connectivity index (χ2n) is 8.71. The number of fused-ring (bicyclic) bond motifs is 1. The minimum absolute atomic E-state index is 0.299. The summed E-state index contributed by atoms with van der Waals surface area (Å²) in [7, 11) is -0.255. The Morgan fingerprint density at radius 2 is 1.80 bits per heavy atom. The third-order valence-corrected chi connectivity index (χ3v) is 8.58. The van der Waals surface area contributed by atoms with E-state index in [0.29, 0.717) is 25.5 Å². The summed E-state index contributed by atoms with van der Waals surface area (Å²) in [6, 6.07) is 15.4. The Kier molecular flexibility index (Phi) is 5.94. The molecule has 10 heteroatoms. The van der Waals surface area contributed by atoms with E-state index in [2.05, 4.69) is 10.1 Å². The first-order chi connectivity index (χ1) is 16.8. The van der Waals surface area contributed by atoms with Gasteiger partial charge in [0.2, 0.25) is 10.0 Å². The van der Waals surface area contributed by atoms with Crippen LogP contribution in [0.15, 0.2) is 60.8 Å². The highest BCUT2D eigenvalue weighted by atomic mass is 32.2. The lowest BCUT2D eigenvalue weighted by molar-refractivity contribution is 0.414. The number of rotatable bonds is 7. The van der Waals surface area contributed by atoms with Crippen molar-refractivity contribution in [3.63, 3.8) is 0 Å². The molecule has 1 aliphatic heterocycles. The zero-order valence-electron chi connectivity index (χ0n) is 19.7. The van der Waals surface area contributed by atoms with Crippen LogP contribution < -0.4 is 9.64 Å². The molecule has 3 heterocycles. The normalized spacial score (nSPS) is 14.5. The molecular formula is C25H26FN5O3S. The van der Waals surface area contributed by atoms with Gasteiger partial charge in [0.25, 0.3) is 0 Å². The number of aryl methyl sites for hydroxylation is 1. The SMILES string of the molecule is COc1ccc(CN(C)S(=O)(=O)C2CN(c3cc4nn(-c5ccc(F)cc5)c(C)c4cn3)C2)cc1. The quantitative estimate of drug-likeness (QED) is 0.390. The Morgan fingerprint density at radius 3 is 2.46 bits per heavy atom. The molecule has 0 radical (unpaired) electrons. The maximum Gasteiger partial charge on any atom is 0.220 e. The average molecular weight is 496 g/mol. The van der Waals surface area contributed by atoms with Gasteiger partial charge in [0.05, 0.1) is 24.0 Å². The number of ether oxygens (including phenoxy) is 1. The van der Waals surface area contributed by atoms with Crippen molar-refractivity contribution in [2.75, 3.05) is 32.1 Å². The average Bonchev–Trinajstić information content (AvgIpc) is 3.14. The van der Waals surface area contributed by atoms with E-state index in [1.165, 1.54) is 16.4 Å². The van der Waals surface area contributed by atoms with E-state index < -0.39 is 15.3 Å². The van der Waals surface area contributed by atoms with E-state index in [1.54, 1.807) is 37.2 Å². The van der Waals surface area contributed by atoms with Gasteiger partial charge in [0.15, 0.2) is 0 Å². The third kappa shape index (κ3) is 4.35. The molecule has 1 fully saturated rings. The van der Waals surface area contributed by atoms with Crippen LogP contribution in [-0.2, 0) is 16.6 Å². The largest absolute Gasteiger partial charge is 0.497 e. The van der Waals surface area contributed by atoms with Gasteiger partial charge in [0, 0.05) is 44.3 Å². The minimum atomic E-state index is -3.46. The molecule has 35 heavy (non-hydrogen) atoms. The molecular weight excluding hydrogens is 469 g/mol. The molecule has 0 N–H and O–H groups in total. The number of hydrogen-bond donors (Lipinski definition) is 0. The van der Waals surface area contributed by atoms with Crippen LogP contribution in [0.2, 0.25) is 0 Å². The maximum atomic E-state index is 13.3. The van der Waals surface area contributed by atoms with Crippen molar-refractivity contribution in [3.8, 4) is 11.4 Å². The predicted octanol–water partition coefficient (Wildman–Crippen LogP) is 3.53. The molecule has 0 bridgehead atoms. The number of pyridine rings is 1. The van der Waals surface area contributed by atoms with Gasteiger partial charge in [-0.15, -0.1) is 0 Å². The van der Waals surface area contributed by atoms with Crippen LogP contribution >= 0.6 is 0 Å². The van der Waals surface area contributed by atoms with Crippen molar-refractivity contribution in [1.29, 1.82) is 0 Å². The number of sulfonamides is 1. The van der Waals surface area contributed by atoms with Crippen LogP contribution in [0.1, 0.15) is 11.3 Å². The van der Waals surface area contributed by atoms with Crippen LogP contribution in [0.5, 0.6) is 5.75 Å². The lowest BCUT2D eigenvalue weighted by Gasteiger charge is -2.41. The Morgan fingerprint density at radius 1 is 1.11 bits per heavy atom. The minimum Gasteiger partial charge on any atom is -0.497 e. The van der Waals surface area contributed by atoms with Gasteiger partial charge in [-0.2, -0.15) is 5.10 Å². The van der Waals surface area contributed by atoms with Gasteiger partial charge in [-0.3, -0.25) is 0 Å². The molecule has 0 aliphatic carbocycles. The second kappa shape index (κ2) is 8.94. The molecule has 0 saturated carbocycles. The highest BCUT2D eigenvalue weighted by Crippen LogP contribution is 2.29. The van der Waals surface area contributed by atoms with Gasteiger partial charge >= 0.3 is 0 Å². The summed E-state index contributed by atoms with van der Waals surface area (Å²) in [5.41, 5.74) is 3.30. The number of benzene rings is 2. The van der Waals surface area contributed by atoms with Gasteiger partial charge in [-0.05, 0) is 48.9 Å². The van der Waals surface area contributed by atoms with Crippen molar-refractivity contribution < 1.29 is 17.5 Å². The van der Waals surface area contributed by atoms with Gasteiger partial charge < -0.3 is 9.64 Å². The molecule has 2 aromatic heterocycles. The van der Waals surface area contributed by atoms with Crippen LogP contribution in [0, 0.1) is 12.7 Å². The predicted molar refractivity (Wildman–Crippen MR) is 133 cm³/mol. The standard InChI is InChI=1S/C25H26FN5O3S/c1-17-23-13-27-25(12-24(23)28-31(17)20-8-6-19(26)7-9-20)30-15-22(16-30)35(32,33)29(2)14-18-4-10-21(34-3)11-5-18/h4-13,22H,14-16H2,1-3H3. The highest BCUT2D eigenvalue weighted by Gasteiger charge is 2.40. The molecule has 2 aromatic carbocycles. The summed E-state index contributed by atoms with van der Waals surface area (Å²) in [5, 5.41) is 5.05. The lowest BCUT2D eigenvalue weighted by Crippen LogP contribution is -2.58. The summed E-state index contributed by atoms with van der Waals surface area (Å²) in [4.78, 5) is 6.49. The number of halogens is 1. The first kappa shape index (κ1) is 23.3. The molecule has 0 atom stereocenters. The smallest absolute Gasteiger partial charge is 0.220 e. The highest BCUT2D eigenvalue weighted by molar-refractivity contribution is 7.89. The van der Waals surface area contributed by atoms with E-state index >= 15 is 0 Å². The molecule has 5 rings (SSSR count). The summed E-state index contributed by atoms with van der Waals surface area (Å²) in [6.45, 7) is 2.97. The Hall–Kier alpha value is -3.50. The fourth-order valence-electron chi connectivity index (χ4n) is 4.25.